The van der Waals surface area contributed by atoms with Crippen LogP contribution in [0.3, 0.4) is 0 Å². The second-order valence-corrected chi connectivity index (χ2v) is 6.29. The lowest BCUT2D eigenvalue weighted by Crippen LogP contribution is -2.32. The normalized spacial score (nSPS) is 13.9. The second-order valence-electron chi connectivity index (χ2n) is 5.38. The number of hydrogen-bond acceptors (Lipinski definition) is 1. The van der Waals surface area contributed by atoms with Crippen molar-refractivity contribution in [3.63, 3.8) is 0 Å². The van der Waals surface area contributed by atoms with Gasteiger partial charge in [0.2, 0.25) is 0 Å². The van der Waals surface area contributed by atoms with Gasteiger partial charge in [0.05, 0.1) is 0 Å². The van der Waals surface area contributed by atoms with Gasteiger partial charge in [0, 0.05) is 16.6 Å². The van der Waals surface area contributed by atoms with E-state index < -0.39 is 0 Å². The zero-order chi connectivity index (χ0) is 15.2. The molecule has 1 N–H and O–H groups in total. The molecule has 21 heavy (non-hydrogen) atoms. The molecule has 1 nitrogen and oxygen atoms in total. The zero-order valence-corrected chi connectivity index (χ0v) is 14.0. The molecule has 0 aliphatic rings. The Morgan fingerprint density at radius 3 is 2.38 bits per heavy atom. The lowest BCUT2D eigenvalue weighted by atomic mass is 10.0. The van der Waals surface area contributed by atoms with Crippen LogP contribution >= 0.6 is 15.9 Å². The monoisotopic (exact) mass is 349 g/mol. The maximum Gasteiger partial charge on any atom is 0.126 e. The van der Waals surface area contributed by atoms with Crippen LogP contribution in [0.4, 0.5) is 4.39 Å². The summed E-state index contributed by atoms with van der Waals surface area (Å²) in [4.78, 5) is 0. The molecule has 0 bridgehead atoms. The molecular formula is C18H21BrFN. The summed E-state index contributed by atoms with van der Waals surface area (Å²) in [7, 11) is 0. The summed E-state index contributed by atoms with van der Waals surface area (Å²) < 4.78 is 14.8. The molecular weight excluding hydrogens is 329 g/mol. The van der Waals surface area contributed by atoms with Crippen LogP contribution in [0.1, 0.15) is 37.4 Å². The molecule has 0 fully saturated rings. The van der Waals surface area contributed by atoms with Gasteiger partial charge in [-0.25, -0.2) is 4.39 Å². The predicted octanol–water partition coefficient (Wildman–Crippen LogP) is 5.26. The van der Waals surface area contributed by atoms with E-state index >= 15 is 0 Å². The highest BCUT2D eigenvalue weighted by Gasteiger charge is 2.14. The molecule has 0 saturated carbocycles. The molecule has 2 aromatic carbocycles. The molecule has 3 heteroatoms. The Morgan fingerprint density at radius 2 is 1.76 bits per heavy atom. The van der Waals surface area contributed by atoms with E-state index in [-0.39, 0.29) is 11.9 Å². The summed E-state index contributed by atoms with van der Waals surface area (Å²) in [6.07, 6.45) is 1.70. The van der Waals surface area contributed by atoms with Crippen LogP contribution in [0.2, 0.25) is 0 Å². The SMILES string of the molecule is CCC(NC(C)Cc1ccccc1F)c1ccc(Br)cc1. The first-order valence-electron chi connectivity index (χ1n) is 7.35. The van der Waals surface area contributed by atoms with E-state index in [4.69, 9.17) is 0 Å². The van der Waals surface area contributed by atoms with Crippen LogP contribution in [0.5, 0.6) is 0 Å². The third-order valence-corrected chi connectivity index (χ3v) is 4.18. The standard InChI is InChI=1S/C18H21BrFN/c1-3-18(14-8-10-16(19)11-9-14)21-13(2)12-15-6-4-5-7-17(15)20/h4-11,13,18,21H,3,12H2,1-2H3. The van der Waals surface area contributed by atoms with Crippen LogP contribution in [0, 0.1) is 5.82 Å². The summed E-state index contributed by atoms with van der Waals surface area (Å²) in [6, 6.07) is 15.9. The molecule has 2 aromatic rings. The summed E-state index contributed by atoms with van der Waals surface area (Å²) >= 11 is 3.46. The highest BCUT2D eigenvalue weighted by Crippen LogP contribution is 2.21. The maximum absolute atomic E-state index is 13.7. The van der Waals surface area contributed by atoms with Gasteiger partial charge in [0.1, 0.15) is 5.82 Å². The highest BCUT2D eigenvalue weighted by atomic mass is 79.9. The maximum atomic E-state index is 13.7. The second kappa shape index (κ2) is 7.71. The van der Waals surface area contributed by atoms with Gasteiger partial charge >= 0.3 is 0 Å². The van der Waals surface area contributed by atoms with Gasteiger partial charge in [0.15, 0.2) is 0 Å². The molecule has 2 rings (SSSR count). The van der Waals surface area contributed by atoms with Gasteiger partial charge in [-0.05, 0) is 49.1 Å². The zero-order valence-electron chi connectivity index (χ0n) is 12.4. The highest BCUT2D eigenvalue weighted by molar-refractivity contribution is 9.10. The van der Waals surface area contributed by atoms with Crippen molar-refractivity contribution >= 4 is 15.9 Å². The van der Waals surface area contributed by atoms with Crippen molar-refractivity contribution in [3.8, 4) is 0 Å². The van der Waals surface area contributed by atoms with E-state index in [1.165, 1.54) is 11.6 Å². The fourth-order valence-electron chi connectivity index (χ4n) is 2.54. The van der Waals surface area contributed by atoms with Crippen LogP contribution in [0.15, 0.2) is 53.0 Å². The van der Waals surface area contributed by atoms with Gasteiger partial charge < -0.3 is 5.32 Å². The smallest absolute Gasteiger partial charge is 0.126 e. The van der Waals surface area contributed by atoms with Crippen LogP contribution < -0.4 is 5.32 Å². The van der Waals surface area contributed by atoms with Gasteiger partial charge in [-0.3, -0.25) is 0 Å². The van der Waals surface area contributed by atoms with Crippen molar-refractivity contribution in [2.45, 2.75) is 38.8 Å². The predicted molar refractivity (Wildman–Crippen MR) is 89.9 cm³/mol. The van der Waals surface area contributed by atoms with E-state index in [1.807, 2.05) is 12.1 Å². The summed E-state index contributed by atoms with van der Waals surface area (Å²) in [5.74, 6) is -0.122. The van der Waals surface area contributed by atoms with Crippen molar-refractivity contribution in [2.75, 3.05) is 0 Å². The van der Waals surface area contributed by atoms with E-state index in [9.17, 15) is 4.39 Å². The van der Waals surface area contributed by atoms with Gasteiger partial charge in [-0.1, -0.05) is 53.2 Å². The third-order valence-electron chi connectivity index (χ3n) is 3.65. The molecule has 0 aliphatic carbocycles. The molecule has 0 saturated heterocycles. The summed E-state index contributed by atoms with van der Waals surface area (Å²) in [6.45, 7) is 4.27. The minimum absolute atomic E-state index is 0.122. The topological polar surface area (TPSA) is 12.0 Å². The van der Waals surface area contributed by atoms with Crippen LogP contribution in [0.25, 0.3) is 0 Å². The Morgan fingerprint density at radius 1 is 1.10 bits per heavy atom. The van der Waals surface area contributed by atoms with Crippen molar-refractivity contribution in [2.24, 2.45) is 0 Å². The van der Waals surface area contributed by atoms with Crippen LogP contribution in [-0.4, -0.2) is 6.04 Å². The minimum Gasteiger partial charge on any atom is -0.307 e. The van der Waals surface area contributed by atoms with E-state index in [2.05, 4.69) is 59.4 Å². The minimum atomic E-state index is -0.122. The number of hydrogen-bond donors (Lipinski definition) is 1. The Bertz CT molecular complexity index is 568. The van der Waals surface area contributed by atoms with Crippen LogP contribution in [-0.2, 0) is 6.42 Å². The Kier molecular flexibility index (Phi) is 5.95. The van der Waals surface area contributed by atoms with E-state index in [0.717, 1.165) is 16.5 Å². The molecule has 0 amide bonds. The molecule has 2 unspecified atom stereocenters. The molecule has 0 aromatic heterocycles. The van der Waals surface area contributed by atoms with Crippen molar-refractivity contribution in [1.82, 2.24) is 5.32 Å². The average molecular weight is 350 g/mol. The summed E-state index contributed by atoms with van der Waals surface area (Å²) in [5.41, 5.74) is 2.03. The quantitative estimate of drug-likeness (QED) is 0.749. The van der Waals surface area contributed by atoms with Crippen molar-refractivity contribution in [1.29, 1.82) is 0 Å². The first-order valence-corrected chi connectivity index (χ1v) is 8.14. The average Bonchev–Trinajstić information content (AvgIpc) is 2.48. The fraction of sp³-hybridized carbons (Fsp3) is 0.333. The molecule has 2 atom stereocenters. The van der Waals surface area contributed by atoms with Crippen molar-refractivity contribution < 1.29 is 4.39 Å². The Balaban J connectivity index is 2.01. The largest absolute Gasteiger partial charge is 0.307 e. The van der Waals surface area contributed by atoms with Gasteiger partial charge in [-0.2, -0.15) is 0 Å². The lowest BCUT2D eigenvalue weighted by molar-refractivity contribution is 0.438. The Labute approximate surface area is 134 Å². The molecule has 0 heterocycles. The summed E-state index contributed by atoms with van der Waals surface area (Å²) in [5, 5.41) is 3.60. The lowest BCUT2D eigenvalue weighted by Gasteiger charge is -2.23. The number of benzene rings is 2. The van der Waals surface area contributed by atoms with E-state index in [1.54, 1.807) is 6.07 Å². The number of rotatable bonds is 6. The fourth-order valence-corrected chi connectivity index (χ4v) is 2.81. The molecule has 112 valence electrons. The van der Waals surface area contributed by atoms with Crippen molar-refractivity contribution in [3.05, 3.63) is 69.9 Å². The van der Waals surface area contributed by atoms with E-state index in [0.29, 0.717) is 12.5 Å². The third kappa shape index (κ3) is 4.65. The first kappa shape index (κ1) is 16.2. The molecule has 0 spiro atoms. The first-order chi connectivity index (χ1) is 10.1. The van der Waals surface area contributed by atoms with Gasteiger partial charge in [0.25, 0.3) is 0 Å². The number of halogens is 2. The Hall–Kier alpha value is -1.19. The number of nitrogens with one attached hydrogen (secondary N) is 1. The molecule has 0 radical (unpaired) electrons. The van der Waals surface area contributed by atoms with Gasteiger partial charge in [-0.15, -0.1) is 0 Å². The molecule has 0 aliphatic heterocycles.